The number of Topliss-reactive ketones (excluding diaryl/α,β-unsaturated/α-hetero) is 1. The van der Waals surface area contributed by atoms with Crippen molar-refractivity contribution in [2.45, 2.75) is 5.92 Å². The molecule has 110 valence electrons. The van der Waals surface area contributed by atoms with E-state index in [0.717, 1.165) is 28.1 Å². The normalized spacial score (nSPS) is 18.2. The molecule has 3 aromatic rings. The highest BCUT2D eigenvalue weighted by Gasteiger charge is 2.37. The zero-order chi connectivity index (χ0) is 15.6. The molecule has 2 nitrogen and oxygen atoms in total. The van der Waals surface area contributed by atoms with Crippen LogP contribution in [0.5, 0.6) is 0 Å². The summed E-state index contributed by atoms with van der Waals surface area (Å²) in [7, 11) is 0. The van der Waals surface area contributed by atoms with Gasteiger partial charge in [0.1, 0.15) is 0 Å². The Morgan fingerprint density at radius 2 is 1.22 bits per heavy atom. The van der Waals surface area contributed by atoms with Gasteiger partial charge < -0.3 is 0 Å². The second kappa shape index (κ2) is 5.65. The summed E-state index contributed by atoms with van der Waals surface area (Å²) in [5.74, 6) is -0.199. The van der Waals surface area contributed by atoms with Crippen molar-refractivity contribution in [2.75, 3.05) is 0 Å². The Morgan fingerprint density at radius 3 is 1.91 bits per heavy atom. The van der Waals surface area contributed by atoms with Crippen molar-refractivity contribution in [2.24, 2.45) is 4.99 Å². The zero-order valence-electron chi connectivity index (χ0n) is 12.5. The number of carbonyl (C=O) groups is 1. The number of aliphatic imine (C=N–C) groups is 1. The second-order valence-electron chi connectivity index (χ2n) is 5.59. The SMILES string of the molecule is O=C1c2ccccc2C(=Nc2ccccc2)[C@H]1c1ccccc1. The first-order chi connectivity index (χ1) is 11.3. The van der Waals surface area contributed by atoms with Crippen LogP contribution in [-0.2, 0) is 0 Å². The molecule has 0 radical (unpaired) electrons. The summed E-state index contributed by atoms with van der Waals surface area (Å²) < 4.78 is 0. The third-order valence-electron chi connectivity index (χ3n) is 4.14. The highest BCUT2D eigenvalue weighted by molar-refractivity contribution is 6.32. The molecule has 0 aromatic heterocycles. The molecule has 4 rings (SSSR count). The molecule has 3 aromatic carbocycles. The van der Waals surface area contributed by atoms with E-state index in [4.69, 9.17) is 4.99 Å². The van der Waals surface area contributed by atoms with Crippen molar-refractivity contribution in [1.29, 1.82) is 0 Å². The first kappa shape index (κ1) is 13.6. The number of ketones is 1. The Kier molecular flexibility index (Phi) is 3.35. The molecule has 0 aliphatic heterocycles. The van der Waals surface area contributed by atoms with Crippen LogP contribution in [-0.4, -0.2) is 11.5 Å². The summed E-state index contributed by atoms with van der Waals surface area (Å²) >= 11 is 0. The fourth-order valence-electron chi connectivity index (χ4n) is 3.08. The lowest BCUT2D eigenvalue weighted by Gasteiger charge is -2.11. The molecule has 1 aliphatic rings. The highest BCUT2D eigenvalue weighted by Crippen LogP contribution is 2.35. The summed E-state index contributed by atoms with van der Waals surface area (Å²) in [6.45, 7) is 0. The average Bonchev–Trinajstić information content (AvgIpc) is 2.89. The molecule has 0 spiro atoms. The van der Waals surface area contributed by atoms with E-state index in [1.807, 2.05) is 84.9 Å². The second-order valence-corrected chi connectivity index (χ2v) is 5.59. The zero-order valence-corrected chi connectivity index (χ0v) is 12.5. The molecule has 2 heteroatoms. The largest absolute Gasteiger partial charge is 0.293 e. The molecule has 0 N–H and O–H groups in total. The number of para-hydroxylation sites is 1. The number of hydrogen-bond donors (Lipinski definition) is 0. The van der Waals surface area contributed by atoms with Gasteiger partial charge in [-0.2, -0.15) is 0 Å². The lowest BCUT2D eigenvalue weighted by Crippen LogP contribution is -2.13. The van der Waals surface area contributed by atoms with Crippen LogP contribution in [0.25, 0.3) is 0 Å². The quantitative estimate of drug-likeness (QED) is 0.669. The molecule has 0 fully saturated rings. The van der Waals surface area contributed by atoms with Crippen LogP contribution in [0, 0.1) is 0 Å². The van der Waals surface area contributed by atoms with Gasteiger partial charge in [0.25, 0.3) is 0 Å². The highest BCUT2D eigenvalue weighted by atomic mass is 16.1. The number of hydrogen-bond acceptors (Lipinski definition) is 2. The van der Waals surface area contributed by atoms with Gasteiger partial charge in [0.2, 0.25) is 0 Å². The van der Waals surface area contributed by atoms with Gasteiger partial charge in [-0.05, 0) is 17.7 Å². The number of fused-ring (bicyclic) bond motifs is 1. The fraction of sp³-hybridized carbons (Fsp3) is 0.0476. The predicted octanol–water partition coefficient (Wildman–Crippen LogP) is 4.79. The third-order valence-corrected chi connectivity index (χ3v) is 4.14. The van der Waals surface area contributed by atoms with Crippen molar-refractivity contribution in [1.82, 2.24) is 0 Å². The average molecular weight is 297 g/mol. The van der Waals surface area contributed by atoms with E-state index in [2.05, 4.69) is 0 Å². The third kappa shape index (κ3) is 2.38. The Bertz CT molecular complexity index is 882. The summed E-state index contributed by atoms with van der Waals surface area (Å²) in [4.78, 5) is 17.7. The van der Waals surface area contributed by atoms with E-state index in [9.17, 15) is 4.79 Å². The molecule has 0 saturated carbocycles. The summed E-state index contributed by atoms with van der Waals surface area (Å²) in [6.07, 6.45) is 0. The number of rotatable bonds is 2. The first-order valence-electron chi connectivity index (χ1n) is 7.67. The van der Waals surface area contributed by atoms with E-state index in [1.165, 1.54) is 0 Å². The predicted molar refractivity (Wildman–Crippen MR) is 92.6 cm³/mol. The molecular weight excluding hydrogens is 282 g/mol. The van der Waals surface area contributed by atoms with Gasteiger partial charge in [-0.1, -0.05) is 72.8 Å². The van der Waals surface area contributed by atoms with Crippen molar-refractivity contribution < 1.29 is 4.79 Å². The Balaban J connectivity index is 1.91. The van der Waals surface area contributed by atoms with Crippen molar-refractivity contribution in [3.05, 3.63) is 102 Å². The molecule has 0 unspecified atom stereocenters. The van der Waals surface area contributed by atoms with Gasteiger partial charge in [0.15, 0.2) is 5.78 Å². The van der Waals surface area contributed by atoms with Crippen molar-refractivity contribution >= 4 is 17.2 Å². The van der Waals surface area contributed by atoms with E-state index in [0.29, 0.717) is 0 Å². The lowest BCUT2D eigenvalue weighted by atomic mass is 9.93. The molecule has 1 atom stereocenters. The van der Waals surface area contributed by atoms with Crippen LogP contribution in [0.4, 0.5) is 5.69 Å². The van der Waals surface area contributed by atoms with Gasteiger partial charge in [-0.3, -0.25) is 9.79 Å². The molecule has 1 aliphatic carbocycles. The van der Waals surface area contributed by atoms with Crippen LogP contribution in [0.3, 0.4) is 0 Å². The Labute approximate surface area is 135 Å². The topological polar surface area (TPSA) is 29.4 Å². The van der Waals surface area contributed by atoms with Gasteiger partial charge >= 0.3 is 0 Å². The Hall–Kier alpha value is -3.00. The maximum atomic E-state index is 12.9. The number of nitrogens with zero attached hydrogens (tertiary/aromatic N) is 1. The number of benzene rings is 3. The van der Waals surface area contributed by atoms with Crippen LogP contribution in [0.1, 0.15) is 27.4 Å². The molecule has 0 bridgehead atoms. The monoisotopic (exact) mass is 297 g/mol. The van der Waals surface area contributed by atoms with E-state index in [1.54, 1.807) is 0 Å². The standard InChI is InChI=1S/C21H15NO/c23-21-18-14-8-7-13-17(18)20(22-16-11-5-2-6-12-16)19(21)15-9-3-1-4-10-15/h1-14,19H/t19-/m1/s1. The molecule has 23 heavy (non-hydrogen) atoms. The van der Waals surface area contributed by atoms with Gasteiger partial charge in [-0.25, -0.2) is 0 Å². The maximum absolute atomic E-state index is 12.9. The maximum Gasteiger partial charge on any atom is 0.176 e. The molecule has 0 saturated heterocycles. The van der Waals surface area contributed by atoms with Gasteiger partial charge in [-0.15, -0.1) is 0 Å². The van der Waals surface area contributed by atoms with E-state index < -0.39 is 0 Å². The minimum atomic E-state index is -0.325. The van der Waals surface area contributed by atoms with Crippen LogP contribution in [0.15, 0.2) is 89.9 Å². The smallest absolute Gasteiger partial charge is 0.176 e. The summed E-state index contributed by atoms with van der Waals surface area (Å²) in [6, 6.07) is 27.4. The van der Waals surface area contributed by atoms with Crippen molar-refractivity contribution in [3.63, 3.8) is 0 Å². The lowest BCUT2D eigenvalue weighted by molar-refractivity contribution is 0.0988. The van der Waals surface area contributed by atoms with Crippen LogP contribution >= 0.6 is 0 Å². The molecule has 0 amide bonds. The van der Waals surface area contributed by atoms with Gasteiger partial charge in [0.05, 0.1) is 17.3 Å². The minimum absolute atomic E-state index is 0.126. The van der Waals surface area contributed by atoms with Crippen LogP contribution < -0.4 is 0 Å². The van der Waals surface area contributed by atoms with E-state index in [-0.39, 0.29) is 11.7 Å². The Morgan fingerprint density at radius 1 is 0.652 bits per heavy atom. The summed E-state index contributed by atoms with van der Waals surface area (Å²) in [5, 5.41) is 0. The summed E-state index contributed by atoms with van der Waals surface area (Å²) in [5.41, 5.74) is 4.39. The minimum Gasteiger partial charge on any atom is -0.293 e. The van der Waals surface area contributed by atoms with Crippen LogP contribution in [0.2, 0.25) is 0 Å². The van der Waals surface area contributed by atoms with E-state index >= 15 is 0 Å². The fourth-order valence-corrected chi connectivity index (χ4v) is 3.08. The first-order valence-corrected chi connectivity index (χ1v) is 7.67. The molecular formula is C21H15NO. The van der Waals surface area contributed by atoms with Gasteiger partial charge in [0, 0.05) is 11.1 Å². The molecule has 0 heterocycles. The van der Waals surface area contributed by atoms with Crippen molar-refractivity contribution in [3.8, 4) is 0 Å². The number of carbonyl (C=O) groups excluding carboxylic acids is 1.